The second-order valence-corrected chi connectivity index (χ2v) is 5.29. The first-order valence-corrected chi connectivity index (χ1v) is 6.43. The third-order valence-corrected chi connectivity index (χ3v) is 3.85. The van der Waals surface area contributed by atoms with Crippen molar-refractivity contribution in [3.63, 3.8) is 0 Å². The molecule has 1 amide bonds. The topological polar surface area (TPSA) is 58.4 Å². The fourth-order valence-electron chi connectivity index (χ4n) is 3.14. The van der Waals surface area contributed by atoms with Crippen LogP contribution in [0, 0.1) is 0 Å². The third kappa shape index (κ3) is 2.95. The first-order valence-electron chi connectivity index (χ1n) is 6.43. The highest BCUT2D eigenvalue weighted by Gasteiger charge is 2.31. The number of hydrogen-bond acceptors (Lipinski definition) is 3. The largest absolute Gasteiger partial charge is 0.370 e. The lowest BCUT2D eigenvalue weighted by Gasteiger charge is -2.36. The van der Waals surface area contributed by atoms with Crippen LogP contribution in [0.3, 0.4) is 0 Å². The van der Waals surface area contributed by atoms with E-state index in [1.54, 1.807) is 0 Å². The molecule has 2 heterocycles. The zero-order valence-electron chi connectivity index (χ0n) is 10.1. The van der Waals surface area contributed by atoms with Gasteiger partial charge in [0.15, 0.2) is 0 Å². The summed E-state index contributed by atoms with van der Waals surface area (Å²) in [5.41, 5.74) is 5.20. The Bertz CT molecular complexity index is 257. The predicted octanol–water partition coefficient (Wildman–Crippen LogP) is 0.467. The van der Waals surface area contributed by atoms with Crippen LogP contribution in [0.2, 0.25) is 0 Å². The minimum absolute atomic E-state index is 0.210. The van der Waals surface area contributed by atoms with Crippen molar-refractivity contribution in [2.75, 3.05) is 13.1 Å². The lowest BCUT2D eigenvalue weighted by atomic mass is 9.96. The summed E-state index contributed by atoms with van der Waals surface area (Å²) in [6, 6.07) is 1.58. The van der Waals surface area contributed by atoms with Gasteiger partial charge in [-0.25, -0.2) is 0 Å². The van der Waals surface area contributed by atoms with Gasteiger partial charge in [-0.1, -0.05) is 0 Å². The molecule has 2 rings (SSSR count). The Morgan fingerprint density at radius 2 is 2.31 bits per heavy atom. The van der Waals surface area contributed by atoms with Gasteiger partial charge < -0.3 is 16.0 Å². The van der Waals surface area contributed by atoms with Crippen LogP contribution < -0.4 is 11.1 Å². The second kappa shape index (κ2) is 5.15. The van der Waals surface area contributed by atoms with Crippen molar-refractivity contribution in [2.24, 2.45) is 5.73 Å². The summed E-state index contributed by atoms with van der Waals surface area (Å²) in [6.45, 7) is 4.55. The van der Waals surface area contributed by atoms with E-state index in [-0.39, 0.29) is 11.9 Å². The molecule has 2 fully saturated rings. The minimum atomic E-state index is -0.210. The number of carbonyl (C=O) groups excluding carboxylic acids is 1. The molecule has 2 aliphatic rings. The average Bonchev–Trinajstić information content (AvgIpc) is 2.63. The van der Waals surface area contributed by atoms with Gasteiger partial charge in [0.05, 0.1) is 0 Å². The summed E-state index contributed by atoms with van der Waals surface area (Å²) in [5, 5.41) is 3.54. The number of carbonyl (C=O) groups is 1. The molecule has 0 radical (unpaired) electrons. The minimum Gasteiger partial charge on any atom is -0.370 e. The number of fused-ring (bicyclic) bond motifs is 1. The molecular formula is C12H23N3O. The normalized spacial score (nSPS) is 32.3. The monoisotopic (exact) mass is 225 g/mol. The van der Waals surface area contributed by atoms with Gasteiger partial charge >= 0.3 is 0 Å². The number of hydrogen-bond donors (Lipinski definition) is 2. The standard InChI is InChI=1S/C12H23N3O/c1-9(7-12(13)16)14-10-4-6-15-5-2-3-11(15)8-10/h9-11,14H,2-8H2,1H3,(H2,13,16). The second-order valence-electron chi connectivity index (χ2n) is 5.29. The lowest BCUT2D eigenvalue weighted by molar-refractivity contribution is -0.118. The molecule has 0 aromatic carbocycles. The molecule has 4 heteroatoms. The van der Waals surface area contributed by atoms with Crippen LogP contribution in [-0.4, -0.2) is 42.0 Å². The molecule has 0 spiro atoms. The highest BCUT2D eigenvalue weighted by atomic mass is 16.1. The van der Waals surface area contributed by atoms with E-state index in [1.165, 1.54) is 38.8 Å². The van der Waals surface area contributed by atoms with Crippen LogP contribution >= 0.6 is 0 Å². The molecule has 2 saturated heterocycles. The Balaban J connectivity index is 1.76. The number of rotatable bonds is 4. The van der Waals surface area contributed by atoms with Crippen molar-refractivity contribution in [1.29, 1.82) is 0 Å². The van der Waals surface area contributed by atoms with Crippen LogP contribution in [0.15, 0.2) is 0 Å². The molecule has 92 valence electrons. The van der Waals surface area contributed by atoms with Crippen molar-refractivity contribution < 1.29 is 4.79 Å². The Morgan fingerprint density at radius 1 is 1.50 bits per heavy atom. The highest BCUT2D eigenvalue weighted by molar-refractivity contribution is 5.74. The molecule has 16 heavy (non-hydrogen) atoms. The lowest BCUT2D eigenvalue weighted by Crippen LogP contribution is -2.48. The molecule has 4 nitrogen and oxygen atoms in total. The van der Waals surface area contributed by atoms with E-state index >= 15 is 0 Å². The zero-order chi connectivity index (χ0) is 11.5. The first-order chi connectivity index (χ1) is 7.65. The van der Waals surface area contributed by atoms with Crippen LogP contribution in [0.1, 0.15) is 39.0 Å². The Labute approximate surface area is 97.6 Å². The molecule has 0 saturated carbocycles. The third-order valence-electron chi connectivity index (χ3n) is 3.85. The molecule has 0 aromatic heterocycles. The highest BCUT2D eigenvalue weighted by Crippen LogP contribution is 2.27. The summed E-state index contributed by atoms with van der Waals surface area (Å²) in [6.07, 6.45) is 5.60. The number of amides is 1. The van der Waals surface area contributed by atoms with Crippen LogP contribution in [-0.2, 0) is 4.79 Å². The van der Waals surface area contributed by atoms with Gasteiger partial charge in [0, 0.05) is 24.5 Å². The maximum Gasteiger partial charge on any atom is 0.218 e. The zero-order valence-corrected chi connectivity index (χ0v) is 10.1. The van der Waals surface area contributed by atoms with Crippen molar-refractivity contribution in [3.8, 4) is 0 Å². The van der Waals surface area contributed by atoms with Gasteiger partial charge in [0.25, 0.3) is 0 Å². The maximum atomic E-state index is 10.8. The first kappa shape index (κ1) is 11.9. The Morgan fingerprint density at radius 3 is 3.06 bits per heavy atom. The molecule has 0 bridgehead atoms. The number of nitrogens with zero attached hydrogens (tertiary/aromatic N) is 1. The van der Waals surface area contributed by atoms with Crippen molar-refractivity contribution in [2.45, 2.75) is 57.2 Å². The molecule has 2 aliphatic heterocycles. The van der Waals surface area contributed by atoms with Gasteiger partial charge in [0.1, 0.15) is 0 Å². The quantitative estimate of drug-likeness (QED) is 0.731. The molecule has 0 aliphatic carbocycles. The smallest absolute Gasteiger partial charge is 0.218 e. The number of primary amides is 1. The van der Waals surface area contributed by atoms with Gasteiger partial charge in [0.2, 0.25) is 5.91 Å². The SMILES string of the molecule is CC(CC(N)=O)NC1CCN2CCCC2C1. The number of nitrogens with one attached hydrogen (secondary N) is 1. The summed E-state index contributed by atoms with van der Waals surface area (Å²) in [5.74, 6) is -0.210. The Kier molecular flexibility index (Phi) is 3.82. The van der Waals surface area contributed by atoms with Gasteiger partial charge in [-0.05, 0) is 45.7 Å². The number of piperidine rings is 1. The summed E-state index contributed by atoms with van der Waals surface area (Å²) >= 11 is 0. The summed E-state index contributed by atoms with van der Waals surface area (Å²) < 4.78 is 0. The van der Waals surface area contributed by atoms with Crippen LogP contribution in [0.5, 0.6) is 0 Å². The van der Waals surface area contributed by atoms with Crippen molar-refractivity contribution in [3.05, 3.63) is 0 Å². The van der Waals surface area contributed by atoms with Crippen molar-refractivity contribution in [1.82, 2.24) is 10.2 Å². The van der Waals surface area contributed by atoms with Crippen LogP contribution in [0.4, 0.5) is 0 Å². The molecule has 3 atom stereocenters. The maximum absolute atomic E-state index is 10.8. The van der Waals surface area contributed by atoms with E-state index in [2.05, 4.69) is 10.2 Å². The molecule has 0 aromatic rings. The van der Waals surface area contributed by atoms with Gasteiger partial charge in [-0.15, -0.1) is 0 Å². The van der Waals surface area contributed by atoms with E-state index < -0.39 is 0 Å². The van der Waals surface area contributed by atoms with Gasteiger partial charge in [-0.3, -0.25) is 4.79 Å². The summed E-state index contributed by atoms with van der Waals surface area (Å²) in [7, 11) is 0. The fraction of sp³-hybridized carbons (Fsp3) is 0.917. The van der Waals surface area contributed by atoms with E-state index in [1.807, 2.05) is 6.92 Å². The molecule has 3 unspecified atom stereocenters. The summed E-state index contributed by atoms with van der Waals surface area (Å²) in [4.78, 5) is 13.4. The van der Waals surface area contributed by atoms with Crippen LogP contribution in [0.25, 0.3) is 0 Å². The average molecular weight is 225 g/mol. The van der Waals surface area contributed by atoms with Gasteiger partial charge in [-0.2, -0.15) is 0 Å². The fourth-order valence-corrected chi connectivity index (χ4v) is 3.14. The van der Waals surface area contributed by atoms with Crippen molar-refractivity contribution >= 4 is 5.91 Å². The van der Waals surface area contributed by atoms with E-state index in [9.17, 15) is 4.79 Å². The Hall–Kier alpha value is -0.610. The molecular weight excluding hydrogens is 202 g/mol. The van der Waals surface area contributed by atoms with E-state index in [0.717, 1.165) is 6.04 Å². The van der Waals surface area contributed by atoms with E-state index in [4.69, 9.17) is 5.73 Å². The van der Waals surface area contributed by atoms with E-state index in [0.29, 0.717) is 12.5 Å². The predicted molar refractivity (Wildman–Crippen MR) is 64.0 cm³/mol. The molecule has 3 N–H and O–H groups in total. The number of nitrogens with two attached hydrogens (primary N) is 1.